The molecule has 2 aliphatic heterocycles. The van der Waals surface area contributed by atoms with E-state index in [0.717, 1.165) is 66.4 Å². The Morgan fingerprint density at radius 3 is 2.57 bits per heavy atom. The summed E-state index contributed by atoms with van der Waals surface area (Å²) in [6.07, 6.45) is 4.43. The molecule has 1 N–H and O–H groups in total. The lowest BCUT2D eigenvalue weighted by Gasteiger charge is -2.30. The maximum absolute atomic E-state index is 15.2. The highest BCUT2D eigenvalue weighted by Gasteiger charge is 2.30. The van der Waals surface area contributed by atoms with Crippen LogP contribution >= 0.6 is 0 Å². The Kier molecular flexibility index (Phi) is 8.36. The number of rotatable bonds is 4. The molecule has 0 spiro atoms. The lowest BCUT2D eigenvalue weighted by Crippen LogP contribution is -2.36. The number of benzene rings is 1. The van der Waals surface area contributed by atoms with Crippen LogP contribution in [0, 0.1) is 30.0 Å². The molecule has 42 heavy (non-hydrogen) atoms. The van der Waals surface area contributed by atoms with E-state index < -0.39 is 5.82 Å². The number of aromatic nitrogens is 2. The van der Waals surface area contributed by atoms with Crippen LogP contribution in [0.4, 0.5) is 15.8 Å². The van der Waals surface area contributed by atoms with Crippen LogP contribution in [0.5, 0.6) is 0 Å². The molecular formula is C34H40FN5O2. The SMILES string of the molecule is Cc1cc(F)c(NC(=O)c2ccnc(C(C)(C)C)c2)cc1-c1cnc(C#CC2(C)CCN(C)C2)c(N2CCOCC2)c1. The van der Waals surface area contributed by atoms with E-state index in [-0.39, 0.29) is 22.4 Å². The van der Waals surface area contributed by atoms with Crippen LogP contribution in [0.1, 0.15) is 61.4 Å². The summed E-state index contributed by atoms with van der Waals surface area (Å²) in [5.41, 5.74) is 5.10. The average Bonchev–Trinajstić information content (AvgIpc) is 3.31. The molecule has 2 aromatic heterocycles. The Morgan fingerprint density at radius 1 is 1.12 bits per heavy atom. The van der Waals surface area contributed by atoms with Crippen molar-refractivity contribution in [2.75, 3.05) is 56.7 Å². The number of carbonyl (C=O) groups is 1. The standard InChI is InChI=1S/C34H40FN5O2/c1-23-17-27(35)29(38-32(41)24-8-11-36-31(19-24)33(2,3)4)20-26(23)25-18-30(40-13-15-42-16-14-40)28(37-21-25)7-9-34(5)10-12-39(6)22-34/h8,11,17-21H,10,12-16,22H2,1-6H3,(H,38,41). The van der Waals surface area contributed by atoms with Gasteiger partial charge in [0, 0.05) is 59.7 Å². The van der Waals surface area contributed by atoms with Crippen molar-refractivity contribution in [3.05, 3.63) is 71.1 Å². The van der Waals surface area contributed by atoms with Crippen LogP contribution in [0.2, 0.25) is 0 Å². The Bertz CT molecular complexity index is 1550. The summed E-state index contributed by atoms with van der Waals surface area (Å²) in [5.74, 6) is 6.02. The first-order chi connectivity index (χ1) is 19.9. The molecule has 4 heterocycles. The summed E-state index contributed by atoms with van der Waals surface area (Å²) in [4.78, 5) is 26.9. The molecule has 1 aromatic carbocycles. The molecule has 7 nitrogen and oxygen atoms in total. The van der Waals surface area contributed by atoms with E-state index in [1.165, 1.54) is 6.07 Å². The summed E-state index contributed by atoms with van der Waals surface area (Å²) >= 11 is 0. The lowest BCUT2D eigenvalue weighted by atomic mass is 9.90. The normalized spacial score (nSPS) is 19.4. The molecule has 0 saturated carbocycles. The molecule has 2 fully saturated rings. The number of amides is 1. The van der Waals surface area contributed by atoms with Crippen molar-refractivity contribution >= 4 is 17.3 Å². The van der Waals surface area contributed by atoms with Crippen LogP contribution in [-0.2, 0) is 10.2 Å². The van der Waals surface area contributed by atoms with Gasteiger partial charge in [0.25, 0.3) is 5.91 Å². The zero-order valence-corrected chi connectivity index (χ0v) is 25.5. The fraction of sp³-hybridized carbons (Fsp3) is 0.441. The number of hydrogen-bond donors (Lipinski definition) is 1. The van der Waals surface area contributed by atoms with Crippen molar-refractivity contribution < 1.29 is 13.9 Å². The van der Waals surface area contributed by atoms with Crippen molar-refractivity contribution in [3.8, 4) is 23.0 Å². The van der Waals surface area contributed by atoms with Gasteiger partial charge in [-0.3, -0.25) is 9.78 Å². The monoisotopic (exact) mass is 569 g/mol. The first-order valence-electron chi connectivity index (χ1n) is 14.5. The molecule has 0 radical (unpaired) electrons. The number of pyridine rings is 2. The topological polar surface area (TPSA) is 70.6 Å². The molecular weight excluding hydrogens is 529 g/mol. The van der Waals surface area contributed by atoms with Gasteiger partial charge in [0.1, 0.15) is 11.5 Å². The lowest BCUT2D eigenvalue weighted by molar-refractivity contribution is 0.102. The van der Waals surface area contributed by atoms with Gasteiger partial charge in [-0.25, -0.2) is 9.37 Å². The largest absolute Gasteiger partial charge is 0.378 e. The molecule has 220 valence electrons. The molecule has 1 atom stereocenters. The van der Waals surface area contributed by atoms with Crippen LogP contribution in [0.3, 0.4) is 0 Å². The zero-order valence-electron chi connectivity index (χ0n) is 25.5. The Hall–Kier alpha value is -3.80. The third kappa shape index (κ3) is 6.64. The second kappa shape index (κ2) is 11.8. The molecule has 0 aliphatic carbocycles. The van der Waals surface area contributed by atoms with Crippen molar-refractivity contribution in [2.45, 2.75) is 46.5 Å². The molecule has 8 heteroatoms. The number of hydrogen-bond acceptors (Lipinski definition) is 6. The van der Waals surface area contributed by atoms with Gasteiger partial charge in [-0.05, 0) is 81.2 Å². The number of nitrogens with zero attached hydrogens (tertiary/aromatic N) is 4. The molecule has 0 bridgehead atoms. The number of carbonyl (C=O) groups excluding carboxylic acids is 1. The van der Waals surface area contributed by atoms with Crippen molar-refractivity contribution in [1.82, 2.24) is 14.9 Å². The highest BCUT2D eigenvalue weighted by atomic mass is 19.1. The molecule has 2 saturated heterocycles. The van der Waals surface area contributed by atoms with Gasteiger partial charge in [-0.2, -0.15) is 0 Å². The number of halogens is 1. The predicted molar refractivity (Wildman–Crippen MR) is 165 cm³/mol. The van der Waals surface area contributed by atoms with Gasteiger partial charge in [-0.15, -0.1) is 0 Å². The van der Waals surface area contributed by atoms with E-state index in [4.69, 9.17) is 9.72 Å². The minimum absolute atomic E-state index is 0.0690. The van der Waals surface area contributed by atoms with Crippen LogP contribution in [0.15, 0.2) is 42.7 Å². The second-order valence-corrected chi connectivity index (χ2v) is 12.8. The minimum Gasteiger partial charge on any atom is -0.378 e. The smallest absolute Gasteiger partial charge is 0.255 e. The van der Waals surface area contributed by atoms with Crippen LogP contribution < -0.4 is 10.2 Å². The maximum atomic E-state index is 15.2. The van der Waals surface area contributed by atoms with Crippen molar-refractivity contribution in [3.63, 3.8) is 0 Å². The average molecular weight is 570 g/mol. The van der Waals surface area contributed by atoms with E-state index in [9.17, 15) is 4.79 Å². The molecule has 2 aliphatic rings. The van der Waals surface area contributed by atoms with E-state index >= 15 is 4.39 Å². The van der Waals surface area contributed by atoms with Crippen LogP contribution in [0.25, 0.3) is 11.1 Å². The second-order valence-electron chi connectivity index (χ2n) is 12.8. The van der Waals surface area contributed by atoms with Gasteiger partial charge in [0.15, 0.2) is 0 Å². The zero-order chi connectivity index (χ0) is 30.1. The Morgan fingerprint density at radius 2 is 1.88 bits per heavy atom. The fourth-order valence-corrected chi connectivity index (χ4v) is 5.50. The summed E-state index contributed by atoms with van der Waals surface area (Å²) in [5, 5.41) is 2.78. The fourth-order valence-electron chi connectivity index (χ4n) is 5.50. The third-order valence-corrected chi connectivity index (χ3v) is 8.03. The summed E-state index contributed by atoms with van der Waals surface area (Å²) < 4.78 is 20.8. The molecule has 5 rings (SSSR count). The first-order valence-corrected chi connectivity index (χ1v) is 14.5. The Balaban J connectivity index is 1.48. The number of aryl methyl sites for hydroxylation is 1. The Labute approximate surface area is 248 Å². The number of likely N-dealkylation sites (tertiary alicyclic amines) is 1. The van der Waals surface area contributed by atoms with Crippen LogP contribution in [-0.4, -0.2) is 67.2 Å². The molecule has 1 unspecified atom stereocenters. The van der Waals surface area contributed by atoms with Gasteiger partial charge in [0.2, 0.25) is 0 Å². The summed E-state index contributed by atoms with van der Waals surface area (Å²) in [7, 11) is 2.13. The number of anilines is 2. The third-order valence-electron chi connectivity index (χ3n) is 8.03. The highest BCUT2D eigenvalue weighted by molar-refractivity contribution is 6.04. The van der Waals surface area contributed by atoms with Gasteiger partial charge in [-0.1, -0.05) is 26.7 Å². The number of ether oxygens (including phenoxy) is 1. The quantitative estimate of drug-likeness (QED) is 0.409. The van der Waals surface area contributed by atoms with Crippen molar-refractivity contribution in [1.29, 1.82) is 0 Å². The van der Waals surface area contributed by atoms with Crippen molar-refractivity contribution in [2.24, 2.45) is 5.41 Å². The van der Waals surface area contributed by atoms with E-state index in [1.807, 2.05) is 27.7 Å². The minimum atomic E-state index is -0.492. The van der Waals surface area contributed by atoms with E-state index in [1.54, 1.807) is 30.6 Å². The van der Waals surface area contributed by atoms with E-state index in [0.29, 0.717) is 18.8 Å². The summed E-state index contributed by atoms with van der Waals surface area (Å²) in [6, 6.07) is 8.62. The predicted octanol–water partition coefficient (Wildman–Crippen LogP) is 5.67. The van der Waals surface area contributed by atoms with Gasteiger partial charge < -0.3 is 19.9 Å². The van der Waals surface area contributed by atoms with E-state index in [2.05, 4.69) is 52.0 Å². The highest BCUT2D eigenvalue weighted by Crippen LogP contribution is 2.33. The van der Waals surface area contributed by atoms with Gasteiger partial charge in [0.05, 0.1) is 24.6 Å². The molecule has 1 amide bonds. The van der Waals surface area contributed by atoms with Gasteiger partial charge >= 0.3 is 0 Å². The molecule has 3 aromatic rings. The maximum Gasteiger partial charge on any atom is 0.255 e. The number of nitrogens with one attached hydrogen (secondary N) is 1. The number of morpholine rings is 1. The first kappa shape index (κ1) is 29.7. The summed E-state index contributed by atoms with van der Waals surface area (Å²) in [6.45, 7) is 14.9.